The number of hydrogen-bond acceptors (Lipinski definition) is 3. The quantitative estimate of drug-likeness (QED) is 0.152. The zero-order valence-corrected chi connectivity index (χ0v) is 68.7. The molecule has 3 heteroatoms. The van der Waals surface area contributed by atoms with E-state index in [0.717, 1.165) is 23.2 Å². The lowest BCUT2D eigenvalue weighted by Crippen LogP contribution is -2.18. The fraction of sp³-hybridized carbons (Fsp3) is 0.543. The van der Waals surface area contributed by atoms with Crippen molar-refractivity contribution in [3.8, 4) is 0 Å². The molecular weight excluding hydrogens is 1170 g/mol. The lowest BCUT2D eigenvalue weighted by Gasteiger charge is -2.29. The van der Waals surface area contributed by atoms with Crippen LogP contribution in [-0.2, 0) is 50.7 Å². The molecule has 8 aromatic rings. The van der Waals surface area contributed by atoms with Gasteiger partial charge >= 0.3 is 0 Å². The van der Waals surface area contributed by atoms with Gasteiger partial charge in [0, 0.05) is 36.2 Å². The molecule has 11 rings (SSSR count). The van der Waals surface area contributed by atoms with Gasteiger partial charge in [-0.2, -0.15) is 0 Å². The van der Waals surface area contributed by atoms with Crippen LogP contribution in [0.2, 0.25) is 0 Å². The molecule has 5 aromatic carbocycles. The molecule has 3 aromatic heterocycles. The molecule has 3 aliphatic rings. The molecular formula is C94H137N3. The Hall–Kier alpha value is -6.19. The van der Waals surface area contributed by atoms with E-state index in [1.807, 2.05) is 24.8 Å². The normalized spacial score (nSPS) is 15.1. The molecule has 1 saturated carbocycles. The van der Waals surface area contributed by atoms with Crippen LogP contribution in [0, 0.1) is 96.9 Å². The average Bonchev–Trinajstić information content (AvgIpc) is 1.62. The molecule has 3 aliphatic carbocycles. The predicted molar refractivity (Wildman–Crippen MR) is 429 cm³/mol. The molecule has 3 heterocycles. The summed E-state index contributed by atoms with van der Waals surface area (Å²) in [6.07, 6.45) is 17.3. The summed E-state index contributed by atoms with van der Waals surface area (Å²) in [5.74, 6) is 1.78. The second-order valence-corrected chi connectivity index (χ2v) is 36.7. The first-order valence-corrected chi connectivity index (χ1v) is 37.0. The summed E-state index contributed by atoms with van der Waals surface area (Å²) in [5.41, 5.74) is 38.2. The van der Waals surface area contributed by atoms with E-state index in [1.54, 1.807) is 44.5 Å². The summed E-state index contributed by atoms with van der Waals surface area (Å²) < 4.78 is 0. The number of aryl methyl sites for hydroxylation is 13. The Bertz CT molecular complexity index is 3650. The number of nitrogens with zero attached hydrogens (tertiary/aromatic N) is 3. The molecule has 1 fully saturated rings. The molecule has 0 amide bonds. The zero-order chi connectivity index (χ0) is 73.6. The summed E-state index contributed by atoms with van der Waals surface area (Å²) in [6.45, 7) is 78.6. The molecule has 0 spiro atoms. The van der Waals surface area contributed by atoms with Gasteiger partial charge in [0.15, 0.2) is 0 Å². The monoisotopic (exact) mass is 1310 g/mol. The van der Waals surface area contributed by atoms with E-state index < -0.39 is 0 Å². The maximum Gasteiger partial charge on any atom is 0.0412 e. The standard InChI is InChI=1S/C17H24.C16H24.C16H20.C12H18.3C11H17N/c1-10-8-14-12-6-7-13(9-12)15(14)11(2)16(10)17(3,4)5;2*1-11-10-13-8-6-7-9-14(13)12(2)15(11)16(3,4)5;1-9-7-6-8-10(2)11(9)12(3,4)5;1-8-6-12-7-9(2)10(8)11(3,4)5;2*1-8-6-7-12-9(2)10(8)11(3,4)5/h8,12-13H,6-7,9H2,1-5H3;10H,6-9H2,1-5H3;6-10H,1-5H3;6-8H,1-5H3;3*6-7H,1-5H3. The molecule has 2 atom stereocenters. The average molecular weight is 1310 g/mol. The number of benzene rings is 5. The van der Waals surface area contributed by atoms with E-state index in [-0.39, 0.29) is 37.9 Å². The Morgan fingerprint density at radius 2 is 0.711 bits per heavy atom. The van der Waals surface area contributed by atoms with Crippen LogP contribution in [0.25, 0.3) is 10.8 Å². The van der Waals surface area contributed by atoms with E-state index in [2.05, 4.69) is 330 Å². The van der Waals surface area contributed by atoms with Crippen LogP contribution < -0.4 is 0 Å². The first-order valence-electron chi connectivity index (χ1n) is 37.0. The van der Waals surface area contributed by atoms with Crippen molar-refractivity contribution < 1.29 is 0 Å². The zero-order valence-electron chi connectivity index (χ0n) is 68.7. The van der Waals surface area contributed by atoms with Crippen LogP contribution in [0.4, 0.5) is 0 Å². The van der Waals surface area contributed by atoms with E-state index in [0.29, 0.717) is 0 Å². The van der Waals surface area contributed by atoms with Crippen molar-refractivity contribution in [3.63, 3.8) is 0 Å². The second kappa shape index (κ2) is 32.0. The Morgan fingerprint density at radius 3 is 1.13 bits per heavy atom. The minimum atomic E-state index is 0.211. The van der Waals surface area contributed by atoms with Crippen molar-refractivity contribution in [1.29, 1.82) is 0 Å². The minimum absolute atomic E-state index is 0.211. The lowest BCUT2D eigenvalue weighted by molar-refractivity contribution is 0.575. The summed E-state index contributed by atoms with van der Waals surface area (Å²) in [7, 11) is 0. The van der Waals surface area contributed by atoms with Gasteiger partial charge in [0.1, 0.15) is 0 Å². The van der Waals surface area contributed by atoms with Crippen molar-refractivity contribution in [2.24, 2.45) is 0 Å². The first-order chi connectivity index (χ1) is 44.4. The second-order valence-electron chi connectivity index (χ2n) is 36.7. The fourth-order valence-corrected chi connectivity index (χ4v) is 18.4. The number of pyridine rings is 3. The van der Waals surface area contributed by atoms with Gasteiger partial charge < -0.3 is 0 Å². The largest absolute Gasteiger partial charge is 0.264 e. The molecule has 97 heavy (non-hydrogen) atoms. The third-order valence-electron chi connectivity index (χ3n) is 20.5. The highest BCUT2D eigenvalue weighted by Gasteiger charge is 2.40. The van der Waals surface area contributed by atoms with Crippen LogP contribution in [-0.4, -0.2) is 15.0 Å². The van der Waals surface area contributed by atoms with Crippen molar-refractivity contribution >= 4 is 10.8 Å². The minimum Gasteiger partial charge on any atom is -0.264 e. The van der Waals surface area contributed by atoms with Crippen LogP contribution >= 0.6 is 0 Å². The van der Waals surface area contributed by atoms with Crippen LogP contribution in [0.3, 0.4) is 0 Å². The topological polar surface area (TPSA) is 38.7 Å². The molecule has 2 unspecified atom stereocenters. The van der Waals surface area contributed by atoms with Gasteiger partial charge in [-0.15, -0.1) is 0 Å². The molecule has 0 saturated heterocycles. The van der Waals surface area contributed by atoms with Crippen LogP contribution in [0.5, 0.6) is 0 Å². The number of fused-ring (bicyclic) bond motifs is 7. The SMILES string of the molecule is Cc1cc2c(c(C)c1C(C)(C)C)C1CCC2C1.Cc1cc2c(c(C)c1C(C)(C)C)CCCC2.Cc1cc2ccccc2c(C)c1C(C)(C)C.Cc1cccc(C)c1C(C)(C)C.Cc1ccnc(C)c1C(C)(C)C.Cc1ccnc(C)c1C(C)(C)C.Cc1cncc(C)c1C(C)(C)C. The number of hydrogen-bond donors (Lipinski definition) is 0. The number of aromatic nitrogens is 3. The highest BCUT2D eigenvalue weighted by Crippen LogP contribution is 2.56. The van der Waals surface area contributed by atoms with Gasteiger partial charge in [-0.1, -0.05) is 206 Å². The van der Waals surface area contributed by atoms with Crippen molar-refractivity contribution in [1.82, 2.24) is 15.0 Å². The number of rotatable bonds is 0. The van der Waals surface area contributed by atoms with Crippen LogP contribution in [0.1, 0.15) is 329 Å². The molecule has 3 nitrogen and oxygen atoms in total. The van der Waals surface area contributed by atoms with Gasteiger partial charge in [-0.25, -0.2) is 0 Å². The Labute approximate surface area is 596 Å². The van der Waals surface area contributed by atoms with E-state index in [1.165, 1.54) is 139 Å². The molecule has 528 valence electrons. The smallest absolute Gasteiger partial charge is 0.0412 e. The predicted octanol–water partition coefficient (Wildman–Crippen LogP) is 26.8. The molecule has 2 bridgehead atoms. The van der Waals surface area contributed by atoms with Crippen LogP contribution in [0.15, 0.2) is 97.6 Å². The third kappa shape index (κ3) is 20.7. The summed E-state index contributed by atoms with van der Waals surface area (Å²) in [4.78, 5) is 12.8. The first kappa shape index (κ1) is 81.5. The van der Waals surface area contributed by atoms with Crippen molar-refractivity contribution in [2.75, 3.05) is 0 Å². The maximum atomic E-state index is 4.31. The van der Waals surface area contributed by atoms with Gasteiger partial charge in [0.05, 0.1) is 0 Å². The Kier molecular flexibility index (Phi) is 26.9. The van der Waals surface area contributed by atoms with Crippen molar-refractivity contribution in [2.45, 2.75) is 337 Å². The molecule has 0 N–H and O–H groups in total. The highest BCUT2D eigenvalue weighted by atomic mass is 14.7. The highest BCUT2D eigenvalue weighted by molar-refractivity contribution is 5.88. The third-order valence-corrected chi connectivity index (χ3v) is 20.5. The van der Waals surface area contributed by atoms with E-state index in [4.69, 9.17) is 0 Å². The lowest BCUT2D eigenvalue weighted by atomic mass is 9.76. The molecule has 0 aliphatic heterocycles. The Balaban J connectivity index is 0.000000206. The molecule has 0 radical (unpaired) electrons. The Morgan fingerprint density at radius 1 is 0.330 bits per heavy atom. The van der Waals surface area contributed by atoms with Gasteiger partial charge in [-0.3, -0.25) is 15.0 Å². The van der Waals surface area contributed by atoms with Gasteiger partial charge in [-0.05, 0) is 342 Å². The fourth-order valence-electron chi connectivity index (χ4n) is 18.4. The summed E-state index contributed by atoms with van der Waals surface area (Å²) in [5, 5.41) is 2.74. The van der Waals surface area contributed by atoms with Crippen molar-refractivity contribution in [3.05, 3.63) is 237 Å². The maximum absolute atomic E-state index is 4.31. The summed E-state index contributed by atoms with van der Waals surface area (Å²) in [6, 6.07) is 26.6. The summed E-state index contributed by atoms with van der Waals surface area (Å²) >= 11 is 0. The van der Waals surface area contributed by atoms with Gasteiger partial charge in [0.2, 0.25) is 0 Å². The van der Waals surface area contributed by atoms with E-state index >= 15 is 0 Å². The van der Waals surface area contributed by atoms with Gasteiger partial charge in [0.25, 0.3) is 0 Å². The van der Waals surface area contributed by atoms with E-state index in [9.17, 15) is 0 Å².